The largest absolute Gasteiger partial charge is 0.481 e. The van der Waals surface area contributed by atoms with Crippen molar-refractivity contribution < 1.29 is 9.90 Å². The van der Waals surface area contributed by atoms with E-state index in [0.29, 0.717) is 12.0 Å². The zero-order valence-corrected chi connectivity index (χ0v) is 11.3. The van der Waals surface area contributed by atoms with E-state index in [9.17, 15) is 4.79 Å². The summed E-state index contributed by atoms with van der Waals surface area (Å²) in [6.45, 7) is 6.76. The Morgan fingerprint density at radius 3 is 2.35 bits per heavy atom. The summed E-state index contributed by atoms with van der Waals surface area (Å²) in [6, 6.07) is 0.325. The van der Waals surface area contributed by atoms with Crippen LogP contribution >= 0.6 is 0 Å². The van der Waals surface area contributed by atoms with Crippen molar-refractivity contribution in [3.8, 4) is 0 Å². The fraction of sp³-hybridized carbons (Fsp3) is 0.917. The van der Waals surface area contributed by atoms with Gasteiger partial charge in [0.25, 0.3) is 0 Å². The Morgan fingerprint density at radius 1 is 1.47 bits per heavy atom. The number of carbonyl (C=O) groups is 1. The smallest absolute Gasteiger partial charge is 0.305 e. The zero-order chi connectivity index (χ0) is 13.1. The maximum absolute atomic E-state index is 10.9. The van der Waals surface area contributed by atoms with Crippen molar-refractivity contribution in [2.24, 2.45) is 5.92 Å². The molecular weight excluding hydrogens is 218 g/mol. The van der Waals surface area contributed by atoms with Crippen LogP contribution in [0.5, 0.6) is 0 Å². The summed E-state index contributed by atoms with van der Waals surface area (Å²) in [5, 5.41) is 15.7. The SMILES string of the molecule is CC(C)C(CN(C)C)NC1(CC(=O)O)CNC1. The van der Waals surface area contributed by atoms with Crippen LogP contribution < -0.4 is 10.6 Å². The molecule has 1 aliphatic heterocycles. The predicted molar refractivity (Wildman–Crippen MR) is 68.2 cm³/mol. The summed E-state index contributed by atoms with van der Waals surface area (Å²) in [5.41, 5.74) is -0.253. The van der Waals surface area contributed by atoms with Gasteiger partial charge in [-0.15, -0.1) is 0 Å². The fourth-order valence-corrected chi connectivity index (χ4v) is 2.20. The lowest BCUT2D eigenvalue weighted by Crippen LogP contribution is -2.71. The number of nitrogens with zero attached hydrogens (tertiary/aromatic N) is 1. The summed E-state index contributed by atoms with van der Waals surface area (Å²) in [6.07, 6.45) is 0.191. The van der Waals surface area contributed by atoms with Gasteiger partial charge in [-0.2, -0.15) is 0 Å². The number of carboxylic acid groups (broad SMARTS) is 1. The van der Waals surface area contributed by atoms with Gasteiger partial charge in [-0.3, -0.25) is 4.79 Å². The van der Waals surface area contributed by atoms with E-state index < -0.39 is 5.97 Å². The van der Waals surface area contributed by atoms with Gasteiger partial charge in [-0.1, -0.05) is 13.8 Å². The van der Waals surface area contributed by atoms with Crippen LogP contribution in [-0.4, -0.2) is 61.3 Å². The van der Waals surface area contributed by atoms with E-state index in [2.05, 4.69) is 29.4 Å². The van der Waals surface area contributed by atoms with Crippen LogP contribution in [0, 0.1) is 5.92 Å². The number of aliphatic carboxylic acids is 1. The molecule has 1 fully saturated rings. The number of hydrogen-bond acceptors (Lipinski definition) is 4. The molecule has 5 heteroatoms. The zero-order valence-electron chi connectivity index (χ0n) is 11.3. The lowest BCUT2D eigenvalue weighted by atomic mass is 9.86. The van der Waals surface area contributed by atoms with E-state index in [0.717, 1.165) is 19.6 Å². The molecule has 0 aliphatic carbocycles. The first-order valence-electron chi connectivity index (χ1n) is 6.19. The molecule has 1 rings (SSSR count). The molecule has 0 aromatic rings. The van der Waals surface area contributed by atoms with Crippen molar-refractivity contribution in [3.05, 3.63) is 0 Å². The summed E-state index contributed by atoms with van der Waals surface area (Å²) in [5.74, 6) is -0.241. The fourth-order valence-electron chi connectivity index (χ4n) is 2.20. The van der Waals surface area contributed by atoms with E-state index in [1.165, 1.54) is 0 Å². The van der Waals surface area contributed by atoms with Gasteiger partial charge < -0.3 is 20.6 Å². The van der Waals surface area contributed by atoms with Gasteiger partial charge in [0.15, 0.2) is 0 Å². The van der Waals surface area contributed by atoms with Gasteiger partial charge >= 0.3 is 5.97 Å². The summed E-state index contributed by atoms with van der Waals surface area (Å²) in [4.78, 5) is 13.0. The van der Waals surface area contributed by atoms with E-state index in [-0.39, 0.29) is 12.0 Å². The van der Waals surface area contributed by atoms with Crippen molar-refractivity contribution >= 4 is 5.97 Å². The number of likely N-dealkylation sites (N-methyl/N-ethyl adjacent to an activating group) is 1. The molecule has 0 radical (unpaired) electrons. The molecule has 1 aliphatic rings. The standard InChI is InChI=1S/C12H25N3O2/c1-9(2)10(6-15(3)4)14-12(5-11(16)17)7-13-8-12/h9-10,13-14H,5-8H2,1-4H3,(H,16,17). The Labute approximate surface area is 104 Å². The molecule has 0 spiro atoms. The van der Waals surface area contributed by atoms with Crippen molar-refractivity contribution in [1.82, 2.24) is 15.5 Å². The van der Waals surface area contributed by atoms with Crippen molar-refractivity contribution in [1.29, 1.82) is 0 Å². The first-order chi connectivity index (χ1) is 7.84. The van der Waals surface area contributed by atoms with E-state index in [1.54, 1.807) is 0 Å². The minimum absolute atomic E-state index is 0.191. The highest BCUT2D eigenvalue weighted by molar-refractivity contribution is 5.68. The highest BCUT2D eigenvalue weighted by Gasteiger charge is 2.40. The Bertz CT molecular complexity index is 262. The summed E-state index contributed by atoms with van der Waals surface area (Å²) in [7, 11) is 4.08. The Morgan fingerprint density at radius 2 is 2.06 bits per heavy atom. The molecule has 3 N–H and O–H groups in total. The third kappa shape index (κ3) is 4.26. The lowest BCUT2D eigenvalue weighted by molar-refractivity contribution is -0.139. The molecular formula is C12H25N3O2. The van der Waals surface area contributed by atoms with E-state index >= 15 is 0 Å². The van der Waals surface area contributed by atoms with Crippen LogP contribution in [0.3, 0.4) is 0 Å². The number of nitrogens with one attached hydrogen (secondary N) is 2. The second kappa shape index (κ2) is 5.80. The molecule has 0 aromatic carbocycles. The second-order valence-corrected chi connectivity index (χ2v) is 5.71. The van der Waals surface area contributed by atoms with Gasteiger partial charge in [0.05, 0.1) is 12.0 Å². The maximum atomic E-state index is 10.9. The van der Waals surface area contributed by atoms with Crippen LogP contribution in [0.4, 0.5) is 0 Å². The normalized spacial score (nSPS) is 20.4. The highest BCUT2D eigenvalue weighted by atomic mass is 16.4. The topological polar surface area (TPSA) is 64.6 Å². The van der Waals surface area contributed by atoms with Crippen LogP contribution in [0.2, 0.25) is 0 Å². The summed E-state index contributed by atoms with van der Waals surface area (Å²) < 4.78 is 0. The molecule has 1 atom stereocenters. The van der Waals surface area contributed by atoms with E-state index in [4.69, 9.17) is 5.11 Å². The molecule has 0 bridgehead atoms. The molecule has 0 amide bonds. The monoisotopic (exact) mass is 243 g/mol. The van der Waals surface area contributed by atoms with Gasteiger partial charge in [-0.05, 0) is 20.0 Å². The average molecular weight is 243 g/mol. The van der Waals surface area contributed by atoms with Gasteiger partial charge in [-0.25, -0.2) is 0 Å². The van der Waals surface area contributed by atoms with Gasteiger partial charge in [0.1, 0.15) is 0 Å². The third-order valence-corrected chi connectivity index (χ3v) is 3.27. The minimum Gasteiger partial charge on any atom is -0.481 e. The van der Waals surface area contributed by atoms with Gasteiger partial charge in [0, 0.05) is 25.7 Å². The molecule has 1 unspecified atom stereocenters. The molecule has 0 aromatic heterocycles. The molecule has 1 saturated heterocycles. The maximum Gasteiger partial charge on any atom is 0.305 e. The minimum atomic E-state index is -0.730. The van der Waals surface area contributed by atoms with Crippen molar-refractivity contribution in [3.63, 3.8) is 0 Å². The van der Waals surface area contributed by atoms with Crippen molar-refractivity contribution in [2.45, 2.75) is 31.8 Å². The molecule has 0 saturated carbocycles. The summed E-state index contributed by atoms with van der Waals surface area (Å²) >= 11 is 0. The Kier molecular flexibility index (Phi) is 4.91. The van der Waals surface area contributed by atoms with Crippen molar-refractivity contribution in [2.75, 3.05) is 33.7 Å². The number of hydrogen-bond donors (Lipinski definition) is 3. The average Bonchev–Trinajstić information content (AvgIpc) is 2.11. The van der Waals surface area contributed by atoms with Crippen LogP contribution in [-0.2, 0) is 4.79 Å². The quantitative estimate of drug-likeness (QED) is 0.586. The number of rotatable bonds is 7. The predicted octanol–water partition coefficient (Wildman–Crippen LogP) is -0.0211. The molecule has 17 heavy (non-hydrogen) atoms. The molecule has 1 heterocycles. The third-order valence-electron chi connectivity index (χ3n) is 3.27. The lowest BCUT2D eigenvalue weighted by Gasteiger charge is -2.46. The van der Waals surface area contributed by atoms with Gasteiger partial charge in [0.2, 0.25) is 0 Å². The molecule has 5 nitrogen and oxygen atoms in total. The molecule has 100 valence electrons. The van der Waals surface area contributed by atoms with Crippen LogP contribution in [0.15, 0.2) is 0 Å². The van der Waals surface area contributed by atoms with Crippen LogP contribution in [0.25, 0.3) is 0 Å². The highest BCUT2D eigenvalue weighted by Crippen LogP contribution is 2.19. The van der Waals surface area contributed by atoms with Crippen LogP contribution in [0.1, 0.15) is 20.3 Å². The first-order valence-corrected chi connectivity index (χ1v) is 6.19. The number of carboxylic acids is 1. The first kappa shape index (κ1) is 14.4. The Hall–Kier alpha value is -0.650. The van der Waals surface area contributed by atoms with E-state index in [1.807, 2.05) is 14.1 Å². The second-order valence-electron chi connectivity index (χ2n) is 5.71. The Balaban J connectivity index is 2.60.